The molecule has 2 aromatic rings. The molecule has 3 rings (SSSR count). The number of esters is 1. The zero-order valence-electron chi connectivity index (χ0n) is 17.2. The fraction of sp³-hybridized carbons (Fsp3) is 0.333. The Hall–Kier alpha value is -2.79. The molecule has 1 aliphatic heterocycles. The first-order valence-corrected chi connectivity index (χ1v) is 10.6. The fourth-order valence-electron chi connectivity index (χ4n) is 3.89. The maximum Gasteiger partial charge on any atom is 0.338 e. The van der Waals surface area contributed by atoms with Gasteiger partial charge in [-0.05, 0) is 67.7 Å². The van der Waals surface area contributed by atoms with Gasteiger partial charge in [0.2, 0.25) is 5.91 Å². The summed E-state index contributed by atoms with van der Waals surface area (Å²) in [5, 5.41) is 0.577. The third-order valence-corrected chi connectivity index (χ3v) is 5.62. The molecule has 0 aromatic heterocycles. The van der Waals surface area contributed by atoms with Crippen LogP contribution in [-0.4, -0.2) is 31.6 Å². The van der Waals surface area contributed by atoms with E-state index in [1.54, 1.807) is 31.2 Å². The van der Waals surface area contributed by atoms with Crippen molar-refractivity contribution in [3.63, 3.8) is 0 Å². The Labute approximate surface area is 182 Å². The number of rotatable bonds is 7. The summed E-state index contributed by atoms with van der Waals surface area (Å²) in [6, 6.07) is 12.4. The number of primary amides is 1. The summed E-state index contributed by atoms with van der Waals surface area (Å²) < 4.78 is 5.02. The molecule has 0 radical (unpaired) electrons. The molecular weight excluding hydrogens is 400 g/mol. The summed E-state index contributed by atoms with van der Waals surface area (Å²) in [6.07, 6.45) is 3.48. The van der Waals surface area contributed by atoms with Crippen molar-refractivity contribution in [2.45, 2.75) is 32.1 Å². The number of carbonyl (C=O) groups is 2. The molecule has 30 heavy (non-hydrogen) atoms. The molecule has 1 fully saturated rings. The number of anilines is 1. The summed E-state index contributed by atoms with van der Waals surface area (Å²) in [4.78, 5) is 26.7. The van der Waals surface area contributed by atoms with Crippen LogP contribution in [0.1, 0.15) is 53.6 Å². The Morgan fingerprint density at radius 2 is 1.80 bits per heavy atom. The minimum absolute atomic E-state index is 0.301. The van der Waals surface area contributed by atoms with Gasteiger partial charge in [0.25, 0.3) is 0 Å². The monoisotopic (exact) mass is 426 g/mol. The molecule has 1 heterocycles. The highest BCUT2D eigenvalue weighted by Crippen LogP contribution is 2.38. The van der Waals surface area contributed by atoms with Crippen molar-refractivity contribution >= 4 is 34.7 Å². The number of hydrogen-bond donors (Lipinski definition) is 1. The van der Waals surface area contributed by atoms with Crippen LogP contribution in [0.15, 0.2) is 49.0 Å². The van der Waals surface area contributed by atoms with Gasteiger partial charge < -0.3 is 15.4 Å². The van der Waals surface area contributed by atoms with Gasteiger partial charge in [-0.15, -0.1) is 0 Å². The van der Waals surface area contributed by atoms with Gasteiger partial charge in [0.05, 0.1) is 18.1 Å². The molecule has 5 nitrogen and oxygen atoms in total. The predicted molar refractivity (Wildman–Crippen MR) is 121 cm³/mol. The maximum absolute atomic E-state index is 12.4. The van der Waals surface area contributed by atoms with Crippen LogP contribution in [0.2, 0.25) is 5.02 Å². The molecule has 1 unspecified atom stereocenters. The number of amides is 1. The van der Waals surface area contributed by atoms with Crippen LogP contribution in [0.4, 0.5) is 5.69 Å². The minimum atomic E-state index is -0.733. The summed E-state index contributed by atoms with van der Waals surface area (Å²) in [7, 11) is 0. The highest BCUT2D eigenvalue weighted by Gasteiger charge is 2.26. The molecule has 6 heteroatoms. The Morgan fingerprint density at radius 1 is 1.13 bits per heavy atom. The lowest BCUT2D eigenvalue weighted by atomic mass is 9.85. The van der Waals surface area contributed by atoms with E-state index in [-0.39, 0.29) is 0 Å². The average Bonchev–Trinajstić information content (AvgIpc) is 2.75. The van der Waals surface area contributed by atoms with Crippen LogP contribution in [-0.2, 0) is 9.53 Å². The Morgan fingerprint density at radius 3 is 2.40 bits per heavy atom. The van der Waals surface area contributed by atoms with E-state index in [2.05, 4.69) is 11.5 Å². The van der Waals surface area contributed by atoms with Crippen LogP contribution in [0.25, 0.3) is 5.57 Å². The van der Waals surface area contributed by atoms with Crippen molar-refractivity contribution in [3.05, 3.63) is 70.8 Å². The van der Waals surface area contributed by atoms with Gasteiger partial charge in [-0.1, -0.05) is 30.3 Å². The van der Waals surface area contributed by atoms with Gasteiger partial charge in [0, 0.05) is 29.4 Å². The molecule has 2 N–H and O–H groups in total. The third kappa shape index (κ3) is 4.85. The summed E-state index contributed by atoms with van der Waals surface area (Å²) in [5.74, 6) is -1.64. The first-order chi connectivity index (χ1) is 14.4. The van der Waals surface area contributed by atoms with E-state index in [4.69, 9.17) is 22.1 Å². The van der Waals surface area contributed by atoms with Gasteiger partial charge >= 0.3 is 5.97 Å². The second-order valence-corrected chi connectivity index (χ2v) is 7.85. The second-order valence-electron chi connectivity index (χ2n) is 7.41. The zero-order chi connectivity index (χ0) is 21.7. The zero-order valence-corrected chi connectivity index (χ0v) is 18.0. The minimum Gasteiger partial charge on any atom is -0.462 e. The summed E-state index contributed by atoms with van der Waals surface area (Å²) >= 11 is 6.29. The molecule has 2 aromatic carbocycles. The Balaban J connectivity index is 1.95. The summed E-state index contributed by atoms with van der Waals surface area (Å²) in [5.41, 5.74) is 9.30. The van der Waals surface area contributed by atoms with E-state index in [0.29, 0.717) is 28.3 Å². The van der Waals surface area contributed by atoms with E-state index in [0.717, 1.165) is 37.2 Å². The van der Waals surface area contributed by atoms with Crippen molar-refractivity contribution in [2.24, 2.45) is 5.73 Å². The van der Waals surface area contributed by atoms with E-state index in [1.165, 1.54) is 6.42 Å². The van der Waals surface area contributed by atoms with E-state index < -0.39 is 17.8 Å². The second kappa shape index (κ2) is 9.81. The van der Waals surface area contributed by atoms with Gasteiger partial charge in [-0.25, -0.2) is 4.79 Å². The molecule has 0 saturated carbocycles. The van der Waals surface area contributed by atoms with Crippen LogP contribution in [0.3, 0.4) is 0 Å². The molecule has 1 atom stereocenters. The number of benzene rings is 2. The number of carbonyl (C=O) groups excluding carboxylic acids is 2. The van der Waals surface area contributed by atoms with Crippen molar-refractivity contribution in [1.29, 1.82) is 0 Å². The van der Waals surface area contributed by atoms with E-state index in [9.17, 15) is 9.59 Å². The fourth-order valence-corrected chi connectivity index (χ4v) is 4.07. The Bertz CT molecular complexity index is 934. The van der Waals surface area contributed by atoms with Crippen LogP contribution >= 0.6 is 11.6 Å². The van der Waals surface area contributed by atoms with E-state index in [1.807, 2.05) is 18.2 Å². The van der Waals surface area contributed by atoms with E-state index >= 15 is 0 Å². The number of halogens is 1. The molecule has 1 aliphatic rings. The third-order valence-electron chi connectivity index (χ3n) is 5.39. The molecule has 0 bridgehead atoms. The molecule has 1 amide bonds. The molecular formula is C24H27ClN2O3. The molecule has 158 valence electrons. The van der Waals surface area contributed by atoms with Gasteiger partial charge in [0.1, 0.15) is 0 Å². The normalized spacial score (nSPS) is 14.8. The van der Waals surface area contributed by atoms with Crippen LogP contribution in [0.5, 0.6) is 0 Å². The number of nitrogens with two attached hydrogens (primary N) is 1. The standard InChI is InChI=1S/C24H27ClN2O3/c1-3-30-24(29)18-9-7-17(8-10-18)22(23(26)28)16(2)20-15-19(25)11-12-21(20)27-13-5-4-6-14-27/h7-12,15,22H,2-6,13-14H2,1H3,(H2,26,28). The topological polar surface area (TPSA) is 72.6 Å². The predicted octanol–water partition coefficient (Wildman–Crippen LogP) is 4.79. The maximum atomic E-state index is 12.4. The van der Waals surface area contributed by atoms with Crippen molar-refractivity contribution in [1.82, 2.24) is 0 Å². The highest BCUT2D eigenvalue weighted by molar-refractivity contribution is 6.31. The molecule has 0 spiro atoms. The number of ether oxygens (including phenoxy) is 1. The van der Waals surface area contributed by atoms with Crippen molar-refractivity contribution in [3.8, 4) is 0 Å². The average molecular weight is 427 g/mol. The van der Waals surface area contributed by atoms with Gasteiger partial charge in [-0.2, -0.15) is 0 Å². The van der Waals surface area contributed by atoms with Gasteiger partial charge in [0.15, 0.2) is 0 Å². The lowest BCUT2D eigenvalue weighted by Crippen LogP contribution is -2.30. The van der Waals surface area contributed by atoms with Crippen molar-refractivity contribution in [2.75, 3.05) is 24.6 Å². The highest BCUT2D eigenvalue weighted by atomic mass is 35.5. The number of nitrogens with zero attached hydrogens (tertiary/aromatic N) is 1. The SMILES string of the molecule is C=C(c1cc(Cl)ccc1N1CCCCC1)C(C(N)=O)c1ccc(C(=O)OCC)cc1. The van der Waals surface area contributed by atoms with Gasteiger partial charge in [-0.3, -0.25) is 4.79 Å². The lowest BCUT2D eigenvalue weighted by molar-refractivity contribution is -0.118. The number of hydrogen-bond acceptors (Lipinski definition) is 4. The van der Waals surface area contributed by atoms with Crippen molar-refractivity contribution < 1.29 is 14.3 Å². The smallest absolute Gasteiger partial charge is 0.338 e. The van der Waals surface area contributed by atoms with Crippen LogP contribution in [0, 0.1) is 0 Å². The first-order valence-electron chi connectivity index (χ1n) is 10.2. The first kappa shape index (κ1) is 21.9. The molecule has 0 aliphatic carbocycles. The van der Waals surface area contributed by atoms with Crippen LogP contribution < -0.4 is 10.6 Å². The quantitative estimate of drug-likeness (QED) is 0.646. The largest absolute Gasteiger partial charge is 0.462 e. The lowest BCUT2D eigenvalue weighted by Gasteiger charge is -2.32. The number of piperidine rings is 1. The summed E-state index contributed by atoms with van der Waals surface area (Å²) in [6.45, 7) is 8.20. The Kier molecular flexibility index (Phi) is 7.16. The molecule has 1 saturated heterocycles.